The molecule has 0 spiro atoms. The molecule has 0 aliphatic rings. The van der Waals surface area contributed by atoms with Crippen LogP contribution in [0.1, 0.15) is 34.1 Å². The lowest BCUT2D eigenvalue weighted by atomic mass is 10.1. The molecule has 0 aliphatic heterocycles. The molecule has 3 rings (SSSR count). The Morgan fingerprint density at radius 2 is 1.86 bits per heavy atom. The number of carbonyl (C=O) groups excluding carboxylic acids is 1. The standard InChI is InChI=1S/C20H20N4O4/c1-3-10-21-12-8-9-13-16(11-12)18(25)23-22-17(13)24(2)19(26)14-6-4-5-7-15(14)20(27)28/h4-9,11,21H,3,10H2,1-2H3,(H,23,25)(H,27,28). The summed E-state index contributed by atoms with van der Waals surface area (Å²) in [6, 6.07) is 11.2. The summed E-state index contributed by atoms with van der Waals surface area (Å²) in [6.07, 6.45) is 0.941. The maximum atomic E-state index is 12.9. The number of aromatic amines is 1. The Balaban J connectivity index is 2.06. The van der Waals surface area contributed by atoms with Gasteiger partial charge in [0.15, 0.2) is 5.82 Å². The van der Waals surface area contributed by atoms with Crippen molar-refractivity contribution in [1.29, 1.82) is 0 Å². The van der Waals surface area contributed by atoms with Gasteiger partial charge in [-0.2, -0.15) is 5.10 Å². The molecule has 1 amide bonds. The number of amides is 1. The molecular weight excluding hydrogens is 360 g/mol. The van der Waals surface area contributed by atoms with Gasteiger partial charge in [0.25, 0.3) is 11.5 Å². The molecule has 1 aromatic heterocycles. The third-order valence-electron chi connectivity index (χ3n) is 4.36. The third kappa shape index (κ3) is 3.57. The summed E-state index contributed by atoms with van der Waals surface area (Å²) < 4.78 is 0. The van der Waals surface area contributed by atoms with E-state index in [4.69, 9.17) is 0 Å². The molecule has 0 saturated carbocycles. The van der Waals surface area contributed by atoms with Gasteiger partial charge in [-0.25, -0.2) is 9.89 Å². The number of fused-ring (bicyclic) bond motifs is 1. The Morgan fingerprint density at radius 3 is 2.54 bits per heavy atom. The number of H-pyrrole nitrogens is 1. The second kappa shape index (κ2) is 7.91. The number of nitrogens with one attached hydrogen (secondary N) is 2. The number of carboxylic acids is 1. The zero-order valence-corrected chi connectivity index (χ0v) is 15.5. The molecule has 0 atom stereocenters. The Kier molecular flexibility index (Phi) is 5.39. The van der Waals surface area contributed by atoms with Gasteiger partial charge in [0, 0.05) is 24.7 Å². The summed E-state index contributed by atoms with van der Waals surface area (Å²) in [5, 5.41) is 19.9. The highest BCUT2D eigenvalue weighted by atomic mass is 16.4. The number of anilines is 2. The van der Waals surface area contributed by atoms with Crippen LogP contribution in [0.2, 0.25) is 0 Å². The van der Waals surface area contributed by atoms with E-state index in [2.05, 4.69) is 15.5 Å². The maximum absolute atomic E-state index is 12.9. The zero-order chi connectivity index (χ0) is 20.3. The van der Waals surface area contributed by atoms with Crippen molar-refractivity contribution in [1.82, 2.24) is 10.2 Å². The molecule has 28 heavy (non-hydrogen) atoms. The molecule has 2 aromatic carbocycles. The van der Waals surface area contributed by atoms with Crippen LogP contribution in [0, 0.1) is 0 Å². The topological polar surface area (TPSA) is 115 Å². The van der Waals surface area contributed by atoms with E-state index in [1.54, 1.807) is 24.3 Å². The summed E-state index contributed by atoms with van der Waals surface area (Å²) in [5.41, 5.74) is 0.368. The van der Waals surface area contributed by atoms with Gasteiger partial charge in [0.05, 0.1) is 16.5 Å². The highest BCUT2D eigenvalue weighted by molar-refractivity contribution is 6.13. The van der Waals surface area contributed by atoms with Crippen LogP contribution in [-0.4, -0.2) is 40.8 Å². The third-order valence-corrected chi connectivity index (χ3v) is 4.36. The van der Waals surface area contributed by atoms with E-state index in [0.29, 0.717) is 10.8 Å². The SMILES string of the molecule is CCCNc1ccc2c(N(C)C(=O)c3ccccc3C(=O)O)n[nH]c(=O)c2c1. The number of nitrogens with zero attached hydrogens (tertiary/aromatic N) is 2. The minimum Gasteiger partial charge on any atom is -0.478 e. The van der Waals surface area contributed by atoms with Crippen LogP contribution in [0.4, 0.5) is 11.5 Å². The first-order valence-corrected chi connectivity index (χ1v) is 8.80. The monoisotopic (exact) mass is 380 g/mol. The molecule has 0 radical (unpaired) electrons. The van der Waals surface area contributed by atoms with Crippen LogP contribution in [-0.2, 0) is 0 Å². The van der Waals surface area contributed by atoms with Crippen LogP contribution >= 0.6 is 0 Å². The van der Waals surface area contributed by atoms with Crippen molar-refractivity contribution in [2.45, 2.75) is 13.3 Å². The van der Waals surface area contributed by atoms with E-state index < -0.39 is 11.9 Å². The first-order valence-electron chi connectivity index (χ1n) is 8.80. The molecule has 0 bridgehead atoms. The van der Waals surface area contributed by atoms with E-state index in [1.807, 2.05) is 13.0 Å². The van der Waals surface area contributed by atoms with Crippen molar-refractivity contribution in [3.05, 3.63) is 63.9 Å². The van der Waals surface area contributed by atoms with Crippen molar-refractivity contribution in [3.63, 3.8) is 0 Å². The van der Waals surface area contributed by atoms with Crippen LogP contribution in [0.15, 0.2) is 47.3 Å². The second-order valence-electron chi connectivity index (χ2n) is 6.28. The minimum atomic E-state index is -1.19. The van der Waals surface area contributed by atoms with Gasteiger partial charge in [0.2, 0.25) is 0 Å². The van der Waals surface area contributed by atoms with Crippen molar-refractivity contribution in [2.75, 3.05) is 23.8 Å². The fraction of sp³-hybridized carbons (Fsp3) is 0.200. The summed E-state index contributed by atoms with van der Waals surface area (Å²) in [5.74, 6) is -1.49. The highest BCUT2D eigenvalue weighted by Gasteiger charge is 2.22. The number of hydrogen-bond donors (Lipinski definition) is 3. The summed E-state index contributed by atoms with van der Waals surface area (Å²) in [6.45, 7) is 2.81. The minimum absolute atomic E-state index is 0.0416. The Morgan fingerprint density at radius 1 is 1.14 bits per heavy atom. The van der Waals surface area contributed by atoms with Crippen molar-refractivity contribution in [3.8, 4) is 0 Å². The summed E-state index contributed by atoms with van der Waals surface area (Å²) >= 11 is 0. The second-order valence-corrected chi connectivity index (χ2v) is 6.28. The molecule has 0 aliphatic carbocycles. The number of aromatic nitrogens is 2. The Hall–Kier alpha value is -3.68. The first-order chi connectivity index (χ1) is 13.4. The van der Waals surface area contributed by atoms with Gasteiger partial charge in [-0.15, -0.1) is 0 Å². The normalized spacial score (nSPS) is 10.6. The zero-order valence-electron chi connectivity index (χ0n) is 15.5. The molecular formula is C20H20N4O4. The molecule has 3 N–H and O–H groups in total. The van der Waals surface area contributed by atoms with Crippen LogP contribution in [0.5, 0.6) is 0 Å². The van der Waals surface area contributed by atoms with Gasteiger partial charge in [0.1, 0.15) is 0 Å². The van der Waals surface area contributed by atoms with Gasteiger partial charge in [-0.3, -0.25) is 14.5 Å². The van der Waals surface area contributed by atoms with Crippen molar-refractivity contribution < 1.29 is 14.7 Å². The van der Waals surface area contributed by atoms with E-state index in [9.17, 15) is 19.5 Å². The first kappa shape index (κ1) is 19.1. The Labute approximate surface area is 160 Å². The smallest absolute Gasteiger partial charge is 0.336 e. The predicted molar refractivity (Wildman–Crippen MR) is 107 cm³/mol. The summed E-state index contributed by atoms with van der Waals surface area (Å²) in [7, 11) is 1.49. The lowest BCUT2D eigenvalue weighted by molar-refractivity contribution is 0.0692. The fourth-order valence-corrected chi connectivity index (χ4v) is 2.92. The molecule has 8 heteroatoms. The molecule has 144 valence electrons. The molecule has 0 unspecified atom stereocenters. The average molecular weight is 380 g/mol. The largest absolute Gasteiger partial charge is 0.478 e. The number of benzene rings is 2. The fourth-order valence-electron chi connectivity index (χ4n) is 2.92. The van der Waals surface area contributed by atoms with Gasteiger partial charge < -0.3 is 10.4 Å². The van der Waals surface area contributed by atoms with E-state index >= 15 is 0 Å². The van der Waals surface area contributed by atoms with Crippen molar-refractivity contribution >= 4 is 34.2 Å². The van der Waals surface area contributed by atoms with E-state index in [0.717, 1.165) is 18.7 Å². The molecule has 8 nitrogen and oxygen atoms in total. The molecule has 0 saturated heterocycles. The maximum Gasteiger partial charge on any atom is 0.336 e. The van der Waals surface area contributed by atoms with Gasteiger partial charge in [-0.1, -0.05) is 19.1 Å². The van der Waals surface area contributed by atoms with Crippen LogP contribution in [0.3, 0.4) is 0 Å². The van der Waals surface area contributed by atoms with E-state index in [-0.39, 0.29) is 22.5 Å². The quantitative estimate of drug-likeness (QED) is 0.606. The van der Waals surface area contributed by atoms with E-state index in [1.165, 1.54) is 24.1 Å². The predicted octanol–water partition coefficient (Wildman–Crippen LogP) is 2.72. The number of hydrogen-bond acceptors (Lipinski definition) is 5. The number of carbonyl (C=O) groups is 2. The highest BCUT2D eigenvalue weighted by Crippen LogP contribution is 2.25. The van der Waals surface area contributed by atoms with Gasteiger partial charge in [-0.05, 0) is 36.8 Å². The summed E-state index contributed by atoms with van der Waals surface area (Å²) in [4.78, 5) is 37.8. The molecule has 0 fully saturated rings. The molecule has 1 heterocycles. The van der Waals surface area contributed by atoms with Crippen LogP contribution in [0.25, 0.3) is 10.8 Å². The van der Waals surface area contributed by atoms with Crippen molar-refractivity contribution in [2.24, 2.45) is 0 Å². The lowest BCUT2D eigenvalue weighted by Gasteiger charge is -2.19. The number of carboxylic acid groups (broad SMARTS) is 1. The molecule has 3 aromatic rings. The lowest BCUT2D eigenvalue weighted by Crippen LogP contribution is -2.30. The Bertz CT molecular complexity index is 1110. The van der Waals surface area contributed by atoms with Crippen LogP contribution < -0.4 is 15.8 Å². The number of aromatic carboxylic acids is 1. The average Bonchev–Trinajstić information content (AvgIpc) is 2.71. The van der Waals surface area contributed by atoms with Gasteiger partial charge >= 0.3 is 5.97 Å². The number of rotatable bonds is 6.